The first kappa shape index (κ1) is 15.4. The summed E-state index contributed by atoms with van der Waals surface area (Å²) in [6.45, 7) is 2.75. The molecule has 0 spiro atoms. The third kappa shape index (κ3) is 3.00. The van der Waals surface area contributed by atoms with Crippen LogP contribution >= 0.6 is 27.5 Å². The number of ether oxygens (including phenoxy) is 1. The molecule has 1 aromatic carbocycles. The van der Waals surface area contributed by atoms with Crippen LogP contribution in [0, 0.1) is 0 Å². The molecule has 1 atom stereocenters. The van der Waals surface area contributed by atoms with E-state index in [0.29, 0.717) is 28.6 Å². The Morgan fingerprint density at radius 3 is 2.90 bits per heavy atom. The number of hydrogen-bond donors (Lipinski definition) is 1. The van der Waals surface area contributed by atoms with Gasteiger partial charge in [0.15, 0.2) is 0 Å². The first-order chi connectivity index (χ1) is 9.58. The van der Waals surface area contributed by atoms with Crippen molar-refractivity contribution in [2.24, 2.45) is 0 Å². The minimum atomic E-state index is -0.875. The summed E-state index contributed by atoms with van der Waals surface area (Å²) in [4.78, 5) is 0. The largest absolute Gasteiger partial charge is 0.496 e. The van der Waals surface area contributed by atoms with Crippen LogP contribution in [0.4, 0.5) is 0 Å². The third-order valence-corrected chi connectivity index (χ3v) is 3.80. The molecule has 0 radical (unpaired) electrons. The van der Waals surface area contributed by atoms with Crippen LogP contribution in [0.3, 0.4) is 0 Å². The minimum absolute atomic E-state index is 0.455. The molecule has 1 aromatic heterocycles. The lowest BCUT2D eigenvalue weighted by molar-refractivity contribution is 0.202. The van der Waals surface area contributed by atoms with Crippen molar-refractivity contribution in [2.45, 2.75) is 26.0 Å². The lowest BCUT2D eigenvalue weighted by Crippen LogP contribution is -2.11. The molecule has 20 heavy (non-hydrogen) atoms. The lowest BCUT2D eigenvalue weighted by Gasteiger charge is -2.17. The molecular weight excluding hydrogens is 344 g/mol. The quantitative estimate of drug-likeness (QED) is 0.883. The zero-order valence-electron chi connectivity index (χ0n) is 11.3. The van der Waals surface area contributed by atoms with Crippen molar-refractivity contribution in [1.82, 2.24) is 9.78 Å². The molecule has 2 aromatic rings. The fourth-order valence-electron chi connectivity index (χ4n) is 2.09. The number of methoxy groups -OCH3 is 1. The molecule has 0 saturated heterocycles. The van der Waals surface area contributed by atoms with Gasteiger partial charge in [0.05, 0.1) is 24.0 Å². The highest BCUT2D eigenvalue weighted by molar-refractivity contribution is 9.10. The maximum absolute atomic E-state index is 10.6. The number of hydrogen-bond acceptors (Lipinski definition) is 3. The van der Waals surface area contributed by atoms with E-state index in [4.69, 9.17) is 16.3 Å². The van der Waals surface area contributed by atoms with Gasteiger partial charge in [0, 0.05) is 16.6 Å². The van der Waals surface area contributed by atoms with Gasteiger partial charge in [0.2, 0.25) is 0 Å². The van der Waals surface area contributed by atoms with Crippen molar-refractivity contribution in [2.75, 3.05) is 7.11 Å². The van der Waals surface area contributed by atoms with E-state index in [1.807, 2.05) is 25.1 Å². The van der Waals surface area contributed by atoms with Crippen molar-refractivity contribution in [3.05, 3.63) is 45.1 Å². The van der Waals surface area contributed by atoms with E-state index in [-0.39, 0.29) is 0 Å². The van der Waals surface area contributed by atoms with Gasteiger partial charge in [-0.05, 0) is 18.6 Å². The monoisotopic (exact) mass is 358 g/mol. The number of nitrogens with zero attached hydrogens (tertiary/aromatic N) is 2. The zero-order valence-corrected chi connectivity index (χ0v) is 13.6. The molecule has 108 valence electrons. The van der Waals surface area contributed by atoms with Crippen LogP contribution in [-0.4, -0.2) is 22.0 Å². The first-order valence-corrected chi connectivity index (χ1v) is 7.48. The summed E-state index contributed by atoms with van der Waals surface area (Å²) in [6, 6.07) is 5.48. The van der Waals surface area contributed by atoms with Crippen LogP contribution in [0.5, 0.6) is 5.75 Å². The fraction of sp³-hybridized carbons (Fsp3) is 0.357. The minimum Gasteiger partial charge on any atom is -0.496 e. The average molecular weight is 360 g/mol. The summed E-state index contributed by atoms with van der Waals surface area (Å²) in [5.74, 6) is 0.604. The molecule has 0 fully saturated rings. The Balaban J connectivity index is 2.45. The van der Waals surface area contributed by atoms with Gasteiger partial charge in [0.1, 0.15) is 11.9 Å². The van der Waals surface area contributed by atoms with E-state index in [2.05, 4.69) is 21.0 Å². The van der Waals surface area contributed by atoms with Crippen LogP contribution in [-0.2, 0) is 6.54 Å². The van der Waals surface area contributed by atoms with Gasteiger partial charge < -0.3 is 9.84 Å². The maximum Gasteiger partial charge on any atom is 0.126 e. The number of aliphatic hydroxyl groups excluding tert-OH is 1. The Morgan fingerprint density at radius 1 is 1.50 bits per heavy atom. The molecule has 1 heterocycles. The van der Waals surface area contributed by atoms with Gasteiger partial charge in [-0.15, -0.1) is 0 Å². The molecular formula is C14H16BrClN2O2. The Bertz CT molecular complexity index is 601. The molecule has 0 aliphatic rings. The van der Waals surface area contributed by atoms with Crippen LogP contribution in [0.1, 0.15) is 30.7 Å². The normalized spacial score (nSPS) is 12.4. The van der Waals surface area contributed by atoms with Gasteiger partial charge in [0.25, 0.3) is 0 Å². The highest BCUT2D eigenvalue weighted by atomic mass is 79.9. The van der Waals surface area contributed by atoms with E-state index in [1.54, 1.807) is 18.0 Å². The van der Waals surface area contributed by atoms with E-state index in [0.717, 1.165) is 10.9 Å². The van der Waals surface area contributed by atoms with E-state index >= 15 is 0 Å². The first-order valence-electron chi connectivity index (χ1n) is 6.31. The van der Waals surface area contributed by atoms with Gasteiger partial charge in [-0.2, -0.15) is 5.10 Å². The summed E-state index contributed by atoms with van der Waals surface area (Å²) < 4.78 is 7.94. The molecule has 0 aliphatic carbocycles. The number of rotatable bonds is 5. The summed E-state index contributed by atoms with van der Waals surface area (Å²) in [7, 11) is 1.57. The van der Waals surface area contributed by atoms with Gasteiger partial charge in [-0.3, -0.25) is 4.68 Å². The zero-order chi connectivity index (χ0) is 14.7. The highest BCUT2D eigenvalue weighted by Crippen LogP contribution is 2.35. The van der Waals surface area contributed by atoms with Crippen LogP contribution in [0.25, 0.3) is 0 Å². The predicted octanol–water partition coefficient (Wildman–Crippen LogP) is 3.80. The molecule has 6 heteroatoms. The second kappa shape index (κ2) is 6.61. The molecule has 1 N–H and O–H groups in total. The molecule has 0 aliphatic heterocycles. The fourth-order valence-corrected chi connectivity index (χ4v) is 2.68. The molecule has 1 unspecified atom stereocenters. The molecule has 4 nitrogen and oxygen atoms in total. The summed E-state index contributed by atoms with van der Waals surface area (Å²) in [5, 5.41) is 15.3. The van der Waals surface area contributed by atoms with Crippen LogP contribution in [0.15, 0.2) is 28.9 Å². The van der Waals surface area contributed by atoms with E-state index < -0.39 is 6.10 Å². The lowest BCUT2D eigenvalue weighted by atomic mass is 10.1. The molecule has 0 amide bonds. The number of aliphatic hydroxyl groups is 1. The predicted molar refractivity (Wildman–Crippen MR) is 82.3 cm³/mol. The van der Waals surface area contributed by atoms with Crippen LogP contribution < -0.4 is 4.74 Å². The average Bonchev–Trinajstić information content (AvgIpc) is 2.79. The summed E-state index contributed by atoms with van der Waals surface area (Å²) in [6.07, 6.45) is 1.59. The number of aryl methyl sites for hydroxylation is 1. The summed E-state index contributed by atoms with van der Waals surface area (Å²) >= 11 is 9.54. The van der Waals surface area contributed by atoms with Crippen molar-refractivity contribution in [1.29, 1.82) is 0 Å². The maximum atomic E-state index is 10.6. The van der Waals surface area contributed by atoms with E-state index in [1.165, 1.54) is 0 Å². The van der Waals surface area contributed by atoms with Crippen molar-refractivity contribution in [3.63, 3.8) is 0 Å². The Hall–Kier alpha value is -1.04. The number of benzene rings is 1. The van der Waals surface area contributed by atoms with Gasteiger partial charge in [-0.1, -0.05) is 40.5 Å². The van der Waals surface area contributed by atoms with Crippen molar-refractivity contribution >= 4 is 27.5 Å². The standard InChI is InChI=1S/C14H16BrClN2O2/c1-3-6-18-13(11(16)8-17-18)14(19)10-5-4-9(15)7-12(10)20-2/h4-5,7-8,14,19H,3,6H2,1-2H3. The van der Waals surface area contributed by atoms with E-state index in [9.17, 15) is 5.11 Å². The van der Waals surface area contributed by atoms with Crippen molar-refractivity contribution in [3.8, 4) is 5.75 Å². The number of aromatic nitrogens is 2. The topological polar surface area (TPSA) is 47.3 Å². The second-order valence-corrected chi connectivity index (χ2v) is 5.71. The smallest absolute Gasteiger partial charge is 0.126 e. The van der Waals surface area contributed by atoms with Gasteiger partial charge >= 0.3 is 0 Å². The molecule has 2 rings (SSSR count). The molecule has 0 saturated carbocycles. The van der Waals surface area contributed by atoms with Crippen molar-refractivity contribution < 1.29 is 9.84 Å². The molecule has 0 bridgehead atoms. The Morgan fingerprint density at radius 2 is 2.25 bits per heavy atom. The highest BCUT2D eigenvalue weighted by Gasteiger charge is 2.22. The summed E-state index contributed by atoms with van der Waals surface area (Å²) in [5.41, 5.74) is 1.25. The Labute approximate surface area is 131 Å². The van der Waals surface area contributed by atoms with Crippen LogP contribution in [0.2, 0.25) is 5.02 Å². The SMILES string of the molecule is CCCn1ncc(Cl)c1C(O)c1ccc(Br)cc1OC. The number of halogens is 2. The van der Waals surface area contributed by atoms with Gasteiger partial charge in [-0.25, -0.2) is 0 Å². The third-order valence-electron chi connectivity index (χ3n) is 3.02. The second-order valence-electron chi connectivity index (χ2n) is 4.39. The Kier molecular flexibility index (Phi) is 5.07.